The molecule has 1 aromatic carbocycles. The Morgan fingerprint density at radius 1 is 1.15 bits per heavy atom. The Morgan fingerprint density at radius 2 is 1.65 bits per heavy atom. The average molecular weight is 317 g/mol. The van der Waals surface area contributed by atoms with Gasteiger partial charge in [0.25, 0.3) is 10.1 Å². The maximum atomic E-state index is 10.5. The summed E-state index contributed by atoms with van der Waals surface area (Å²) in [6.45, 7) is 0.427. The summed E-state index contributed by atoms with van der Waals surface area (Å²) in [5.74, 6) is 1.03. The summed E-state index contributed by atoms with van der Waals surface area (Å²) in [5, 5.41) is 3.03. The molecule has 112 valence electrons. The molecule has 0 amide bonds. The van der Waals surface area contributed by atoms with Crippen molar-refractivity contribution in [3.8, 4) is 11.5 Å². The predicted molar refractivity (Wildman–Crippen MR) is 79.8 cm³/mol. The molecule has 0 unspecified atom stereocenters. The first kappa shape index (κ1) is 21.8. The average Bonchev–Trinajstić information content (AvgIpc) is 2.33. The van der Waals surface area contributed by atoms with Crippen molar-refractivity contribution in [2.75, 3.05) is 31.8 Å². The normalized spacial score (nSPS) is 9.95. The molecule has 0 aliphatic heterocycles. The molecule has 0 aliphatic rings. The van der Waals surface area contributed by atoms with Crippen LogP contribution in [0.3, 0.4) is 0 Å². The summed E-state index contributed by atoms with van der Waals surface area (Å²) in [4.78, 5) is 0. The van der Waals surface area contributed by atoms with Crippen molar-refractivity contribution in [2.45, 2.75) is 6.42 Å². The first-order valence-electron chi connectivity index (χ1n) is 5.36. The molecule has 0 fully saturated rings. The van der Waals surface area contributed by atoms with Crippen LogP contribution in [0.25, 0.3) is 0 Å². The molecule has 4 N–H and O–H groups in total. The van der Waals surface area contributed by atoms with Crippen molar-refractivity contribution in [1.82, 2.24) is 0 Å². The summed E-state index contributed by atoms with van der Waals surface area (Å²) < 4.78 is 39.9. The molecule has 7 nitrogen and oxygen atoms in total. The zero-order valence-electron chi connectivity index (χ0n) is 10.8. The summed E-state index contributed by atoms with van der Waals surface area (Å²) in [6, 6.07) is 5.29. The van der Waals surface area contributed by atoms with Crippen LogP contribution in [0.15, 0.2) is 18.2 Å². The van der Waals surface area contributed by atoms with E-state index in [1.54, 1.807) is 32.4 Å². The van der Waals surface area contributed by atoms with Gasteiger partial charge in [-0.3, -0.25) is 4.55 Å². The van der Waals surface area contributed by atoms with E-state index in [9.17, 15) is 8.42 Å². The minimum atomic E-state index is -3.89. The number of nitrogens with one attached hydrogen (secondary N) is 1. The van der Waals surface area contributed by atoms with Gasteiger partial charge >= 0.3 is 29.6 Å². The molecule has 20 heavy (non-hydrogen) atoms. The van der Waals surface area contributed by atoms with Gasteiger partial charge < -0.3 is 20.3 Å². The van der Waals surface area contributed by atoms with Crippen molar-refractivity contribution in [2.24, 2.45) is 0 Å². The molecule has 9 heteroatoms. The summed E-state index contributed by atoms with van der Waals surface area (Å²) in [7, 11) is -0.789. The monoisotopic (exact) mass is 317 g/mol. The summed E-state index contributed by atoms with van der Waals surface area (Å²) in [5.41, 5.74) is 0.765. The second kappa shape index (κ2) is 10.3. The van der Waals surface area contributed by atoms with Crippen LogP contribution >= 0.6 is 0 Å². The van der Waals surface area contributed by atoms with Crippen molar-refractivity contribution < 1.29 is 27.9 Å². The predicted octanol–water partition coefficient (Wildman–Crippen LogP) is -0.0796. The van der Waals surface area contributed by atoms with Gasteiger partial charge in [-0.2, -0.15) is 8.42 Å². The zero-order valence-corrected chi connectivity index (χ0v) is 11.7. The molecule has 0 bridgehead atoms. The molecule has 0 heterocycles. The van der Waals surface area contributed by atoms with E-state index >= 15 is 0 Å². The first-order valence-corrected chi connectivity index (χ1v) is 6.97. The second-order valence-corrected chi connectivity index (χ2v) is 5.24. The minimum absolute atomic E-state index is 0. The van der Waals surface area contributed by atoms with Crippen LogP contribution < -0.4 is 14.8 Å². The van der Waals surface area contributed by atoms with Crippen LogP contribution in [0.1, 0.15) is 6.42 Å². The van der Waals surface area contributed by atoms with E-state index in [2.05, 4.69) is 5.32 Å². The van der Waals surface area contributed by atoms with Crippen LogP contribution in [-0.4, -0.2) is 74.5 Å². The van der Waals surface area contributed by atoms with Crippen molar-refractivity contribution in [1.29, 1.82) is 0 Å². The van der Waals surface area contributed by atoms with E-state index < -0.39 is 10.1 Å². The van der Waals surface area contributed by atoms with Crippen LogP contribution in [0.4, 0.5) is 5.69 Å². The molecule has 1 rings (SSSR count). The number of methoxy groups -OCH3 is 2. The van der Waals surface area contributed by atoms with E-state index in [4.69, 9.17) is 14.0 Å². The Morgan fingerprint density at radius 3 is 2.05 bits per heavy atom. The van der Waals surface area contributed by atoms with Gasteiger partial charge in [-0.05, 0) is 6.42 Å². The van der Waals surface area contributed by atoms with E-state index in [0.717, 1.165) is 5.69 Å². The third-order valence-corrected chi connectivity index (χ3v) is 3.06. The fourth-order valence-electron chi connectivity index (χ4n) is 1.40. The standard InChI is InChI=1S/C11H17NO5S.Na.H2O.H/c1-16-10-6-9(7-11(8-10)17-2)12-4-3-5-18(13,14)15;;;/h6-8,12H,3-5H2,1-2H3,(H,13,14,15);;1H2;. The van der Waals surface area contributed by atoms with Gasteiger partial charge in [-0.15, -0.1) is 0 Å². The van der Waals surface area contributed by atoms with Gasteiger partial charge in [0.1, 0.15) is 11.5 Å². The van der Waals surface area contributed by atoms with Gasteiger partial charge in [0.2, 0.25) is 0 Å². The molecule has 0 radical (unpaired) electrons. The van der Waals surface area contributed by atoms with Crippen LogP contribution in [-0.2, 0) is 10.1 Å². The molecule has 0 aliphatic carbocycles. The number of hydrogen-bond acceptors (Lipinski definition) is 5. The molecule has 0 atom stereocenters. The van der Waals surface area contributed by atoms with Gasteiger partial charge in [-0.1, -0.05) is 0 Å². The fraction of sp³-hybridized carbons (Fsp3) is 0.455. The molecule has 0 aromatic heterocycles. The SMILES string of the molecule is COc1cc(NCCCS(=O)(=O)O)cc(OC)c1.O.[NaH]. The number of benzene rings is 1. The summed E-state index contributed by atoms with van der Waals surface area (Å²) >= 11 is 0. The first-order chi connectivity index (χ1) is 8.44. The number of rotatable bonds is 7. The molecular formula is C11H20NNaO6S. The van der Waals surface area contributed by atoms with Crippen molar-refractivity contribution in [3.05, 3.63) is 18.2 Å². The molecular weight excluding hydrogens is 297 g/mol. The third kappa shape index (κ3) is 8.62. The van der Waals surface area contributed by atoms with Crippen LogP contribution in [0, 0.1) is 0 Å². The zero-order chi connectivity index (χ0) is 13.6. The Hall–Kier alpha value is -0.510. The van der Waals surface area contributed by atoms with Gasteiger partial charge in [-0.25, -0.2) is 0 Å². The Bertz CT molecular complexity index is 471. The fourth-order valence-corrected chi connectivity index (χ4v) is 1.91. The Labute approximate surface area is 141 Å². The Kier molecular flexibility index (Phi) is 11.2. The van der Waals surface area contributed by atoms with Gasteiger partial charge in [0, 0.05) is 30.4 Å². The van der Waals surface area contributed by atoms with E-state index in [0.29, 0.717) is 24.5 Å². The van der Waals surface area contributed by atoms with Gasteiger partial charge in [0.05, 0.1) is 20.0 Å². The topological polar surface area (TPSA) is 116 Å². The molecule has 0 spiro atoms. The van der Waals surface area contributed by atoms with Crippen LogP contribution in [0.2, 0.25) is 0 Å². The van der Waals surface area contributed by atoms with Gasteiger partial charge in [0.15, 0.2) is 0 Å². The maximum absolute atomic E-state index is 10.5. The molecule has 1 aromatic rings. The van der Waals surface area contributed by atoms with Crippen molar-refractivity contribution >= 4 is 45.4 Å². The number of hydrogen-bond donors (Lipinski definition) is 2. The number of ether oxygens (including phenoxy) is 2. The second-order valence-electron chi connectivity index (χ2n) is 3.67. The molecule has 0 saturated heterocycles. The van der Waals surface area contributed by atoms with E-state index in [-0.39, 0.29) is 40.8 Å². The number of anilines is 1. The third-order valence-electron chi connectivity index (χ3n) is 2.26. The molecule has 0 saturated carbocycles. The van der Waals surface area contributed by atoms with E-state index in [1.165, 1.54) is 0 Å². The quantitative estimate of drug-likeness (QED) is 0.413. The van der Waals surface area contributed by atoms with Crippen molar-refractivity contribution in [3.63, 3.8) is 0 Å². The van der Waals surface area contributed by atoms with Crippen LogP contribution in [0.5, 0.6) is 11.5 Å². The summed E-state index contributed by atoms with van der Waals surface area (Å²) in [6.07, 6.45) is 0.318. The van der Waals surface area contributed by atoms with E-state index in [1.807, 2.05) is 0 Å². The Balaban J connectivity index is 0.